The van der Waals surface area contributed by atoms with Crippen LogP contribution in [0.5, 0.6) is 34.5 Å². The van der Waals surface area contributed by atoms with Gasteiger partial charge < -0.3 is 39.1 Å². The Balaban J connectivity index is 1.60. The first kappa shape index (κ1) is 129. The quantitative estimate of drug-likeness (QED) is 0.0410. The van der Waals surface area contributed by atoms with Gasteiger partial charge in [0.1, 0.15) is 0 Å². The zero-order valence-corrected chi connectivity index (χ0v) is 95.3. The molecule has 0 radical (unpaired) electrons. The molecule has 0 fully saturated rings. The lowest BCUT2D eigenvalue weighted by Gasteiger charge is -2.16. The van der Waals surface area contributed by atoms with Crippen LogP contribution in [0.15, 0.2) is 64.6 Å². The summed E-state index contributed by atoms with van der Waals surface area (Å²) in [6.07, 6.45) is 129. The monoisotopic (exact) mass is 1980 g/mol. The number of nitrogens with one attached hydrogen (secondary N) is 2. The summed E-state index contributed by atoms with van der Waals surface area (Å²) in [6, 6.07) is 19.0. The molecule has 3 aromatic carbocycles. The Morgan fingerprint density at radius 2 is 0.312 bits per heavy atom. The molecule has 4 rings (SSSR count). The largest absolute Gasteiger partial charge is 0.490 e. The maximum Gasteiger partial charge on any atom is 0.233 e. The van der Waals surface area contributed by atoms with Gasteiger partial charge in [-0.15, -0.1) is 0 Å². The summed E-state index contributed by atoms with van der Waals surface area (Å²) in [4.78, 5) is 16.7. The zero-order valence-electron chi connectivity index (χ0n) is 94.5. The van der Waals surface area contributed by atoms with Gasteiger partial charge in [-0.2, -0.15) is 15.0 Å². The second-order valence-electron chi connectivity index (χ2n) is 43.5. The number of rotatable bonds is 114. The number of benzene rings is 3. The van der Waals surface area contributed by atoms with Crippen LogP contribution in [0.4, 0.5) is 23.3 Å². The maximum absolute atomic E-state index is 6.84. The van der Waals surface area contributed by atoms with Gasteiger partial charge in [0.05, 0.1) is 39.6 Å². The van der Waals surface area contributed by atoms with Crippen molar-refractivity contribution in [3.05, 3.63) is 54.6 Å². The fourth-order valence-corrected chi connectivity index (χ4v) is 21.1. The molecule has 0 bridgehead atoms. The molecule has 141 heavy (non-hydrogen) atoms. The lowest BCUT2D eigenvalue weighted by molar-refractivity contribution is 0.257. The van der Waals surface area contributed by atoms with Crippen molar-refractivity contribution in [3.8, 4) is 34.5 Å². The third kappa shape index (κ3) is 81.1. The number of anilines is 4. The SMILES string of the molecule is CCCCCCCCCCCCCCCCCCOc1ccc(Nc2nc(Nc3ccc(OCCCCCCCCCCCCCCCCCC)c(OCCCCCCCCCCCCCCCCCC)c3)nc(Sc3ccc(OCCCCCCCCCCCCCCCCCC)c(OCCCCCCCCCCCCCCCCCC)c3)n2)cc1OCCCCCCCCCCCCCCCCCC. The van der Waals surface area contributed by atoms with Crippen molar-refractivity contribution in [2.45, 2.75) is 668 Å². The molecule has 0 atom stereocenters. The minimum Gasteiger partial charge on any atom is -0.490 e. The van der Waals surface area contributed by atoms with Gasteiger partial charge >= 0.3 is 0 Å². The van der Waals surface area contributed by atoms with Crippen molar-refractivity contribution in [2.24, 2.45) is 0 Å². The molecule has 4 aromatic rings. The molecule has 11 nitrogen and oxygen atoms in total. The average Bonchev–Trinajstić information content (AvgIpc) is 0.816. The van der Waals surface area contributed by atoms with E-state index in [1.54, 1.807) is 0 Å². The first-order chi connectivity index (χ1) is 70.0. The lowest BCUT2D eigenvalue weighted by Crippen LogP contribution is -2.07. The minimum absolute atomic E-state index is 0.429. The lowest BCUT2D eigenvalue weighted by atomic mass is 10.0. The highest BCUT2D eigenvalue weighted by atomic mass is 32.2. The summed E-state index contributed by atoms with van der Waals surface area (Å²) in [5.74, 6) is 5.56. The maximum atomic E-state index is 6.84. The summed E-state index contributed by atoms with van der Waals surface area (Å²) in [7, 11) is 0. The van der Waals surface area contributed by atoms with Gasteiger partial charge in [-0.25, -0.2) is 0 Å². The fourth-order valence-electron chi connectivity index (χ4n) is 20.3. The number of ether oxygens (including phenoxy) is 6. The molecule has 0 aliphatic carbocycles. The van der Waals surface area contributed by atoms with Gasteiger partial charge in [0, 0.05) is 28.4 Å². The van der Waals surface area contributed by atoms with E-state index in [1.807, 2.05) is 0 Å². The molecule has 12 heteroatoms. The van der Waals surface area contributed by atoms with Crippen LogP contribution in [0.25, 0.3) is 0 Å². The Kier molecular flexibility index (Phi) is 93.7. The average molecular weight is 1980 g/mol. The molecule has 0 aliphatic rings. The molecule has 0 spiro atoms. The first-order valence-corrected chi connectivity index (χ1v) is 64.0. The van der Waals surface area contributed by atoms with Crippen molar-refractivity contribution in [2.75, 3.05) is 50.3 Å². The fraction of sp³-hybridized carbons (Fsp3) is 0.837. The van der Waals surface area contributed by atoms with Crippen LogP contribution in [0.1, 0.15) is 658 Å². The van der Waals surface area contributed by atoms with Crippen LogP contribution in [-0.4, -0.2) is 54.6 Å². The van der Waals surface area contributed by atoms with Crippen LogP contribution in [0.2, 0.25) is 0 Å². The number of hydrogen-bond donors (Lipinski definition) is 2. The molecule has 0 amide bonds. The van der Waals surface area contributed by atoms with Crippen molar-refractivity contribution >= 4 is 35.0 Å². The summed E-state index contributed by atoms with van der Waals surface area (Å²) >= 11 is 1.53. The second-order valence-corrected chi connectivity index (χ2v) is 44.5. The molecule has 0 aliphatic heterocycles. The van der Waals surface area contributed by atoms with Crippen LogP contribution in [0, 0.1) is 0 Å². The highest BCUT2D eigenvalue weighted by molar-refractivity contribution is 7.99. The van der Waals surface area contributed by atoms with E-state index < -0.39 is 0 Å². The molecule has 0 unspecified atom stereocenters. The van der Waals surface area contributed by atoms with E-state index in [0.29, 0.717) is 56.7 Å². The summed E-state index contributed by atoms with van der Waals surface area (Å²) in [5.41, 5.74) is 1.65. The predicted molar refractivity (Wildman–Crippen MR) is 620 cm³/mol. The zero-order chi connectivity index (χ0) is 99.9. The Bertz CT molecular complexity index is 2900. The van der Waals surface area contributed by atoms with E-state index in [1.165, 1.54) is 577 Å². The third-order valence-electron chi connectivity index (χ3n) is 29.7. The highest BCUT2D eigenvalue weighted by Crippen LogP contribution is 2.39. The van der Waals surface area contributed by atoms with E-state index in [4.69, 9.17) is 43.4 Å². The molecule has 816 valence electrons. The Morgan fingerprint density at radius 3 is 0.489 bits per heavy atom. The smallest absolute Gasteiger partial charge is 0.233 e. The van der Waals surface area contributed by atoms with E-state index in [0.717, 1.165) is 102 Å². The van der Waals surface area contributed by atoms with Gasteiger partial charge in [-0.3, -0.25) is 0 Å². The molecule has 1 aromatic heterocycles. The van der Waals surface area contributed by atoms with Crippen molar-refractivity contribution in [3.63, 3.8) is 0 Å². The number of hydrogen-bond acceptors (Lipinski definition) is 12. The van der Waals surface area contributed by atoms with Gasteiger partial charge in [-0.05, 0) is 92.8 Å². The summed E-state index contributed by atoms with van der Waals surface area (Å²) < 4.78 is 40.6. The van der Waals surface area contributed by atoms with Gasteiger partial charge in [0.15, 0.2) is 39.7 Å². The molecule has 0 saturated carbocycles. The standard InChI is InChI=1S/C129H233N5O6S/c1-7-13-19-25-31-37-43-49-55-61-67-73-79-85-91-97-109-135-121-106-103-118(115-124(121)138-112-100-94-88-82-76-70-64-58-52-46-40-34-28-22-16-10-4)130-127-132-128(131-119-104-107-122(136-110-98-92-86-80-74-68-62-56-50-44-38-32-26-20-14-8-2)125(116-119)139-113-101-95-89-83-77-71-65-59-53-47-41-35-29-23-17-11-5)134-129(133-127)141-120-105-108-123(137-111-99-93-87-81-75-69-63-57-51-45-39-33-27-21-15-9-3)126(117-120)140-114-102-96-90-84-78-72-66-60-54-48-42-36-30-24-18-12-6/h103-108,115-117H,7-102,109-114H2,1-6H3,(H2,130,131,132,133,134). The van der Waals surface area contributed by atoms with Crippen molar-refractivity contribution in [1.29, 1.82) is 0 Å². The predicted octanol–water partition coefficient (Wildman–Crippen LogP) is 45.4. The van der Waals surface area contributed by atoms with Crippen molar-refractivity contribution < 1.29 is 28.4 Å². The molecule has 1 heterocycles. The first-order valence-electron chi connectivity index (χ1n) is 63.2. The summed E-state index contributed by atoms with van der Waals surface area (Å²) in [6.45, 7) is 17.8. The molecule has 2 N–H and O–H groups in total. The number of nitrogens with zero attached hydrogens (tertiary/aromatic N) is 3. The molecular weight excluding hydrogens is 1750 g/mol. The molecule has 0 saturated heterocycles. The minimum atomic E-state index is 0.429. The van der Waals surface area contributed by atoms with E-state index in [9.17, 15) is 0 Å². The van der Waals surface area contributed by atoms with Crippen LogP contribution < -0.4 is 39.1 Å². The topological polar surface area (TPSA) is 118 Å². The van der Waals surface area contributed by atoms with Gasteiger partial charge in [0.2, 0.25) is 11.9 Å². The van der Waals surface area contributed by atoms with E-state index in [2.05, 4.69) is 107 Å². The number of unbranched alkanes of at least 4 members (excludes halogenated alkanes) is 90. The Hall–Kier alpha value is -4.58. The second kappa shape index (κ2) is 103. The molecular formula is C129H233N5O6S. The van der Waals surface area contributed by atoms with Crippen molar-refractivity contribution in [1.82, 2.24) is 15.0 Å². The highest BCUT2D eigenvalue weighted by Gasteiger charge is 2.18. The number of aromatic nitrogens is 3. The van der Waals surface area contributed by atoms with Gasteiger partial charge in [-0.1, -0.05) is 619 Å². The summed E-state index contributed by atoms with van der Waals surface area (Å²) in [5, 5.41) is 7.93. The van der Waals surface area contributed by atoms with Gasteiger partial charge in [0.25, 0.3) is 0 Å². The Labute approximate surface area is 880 Å². The third-order valence-corrected chi connectivity index (χ3v) is 30.5. The van der Waals surface area contributed by atoms with Crippen LogP contribution in [-0.2, 0) is 0 Å². The normalized spacial score (nSPS) is 11.6. The van der Waals surface area contributed by atoms with E-state index in [-0.39, 0.29) is 0 Å². The van der Waals surface area contributed by atoms with Crippen LogP contribution >= 0.6 is 11.8 Å². The van der Waals surface area contributed by atoms with Crippen LogP contribution in [0.3, 0.4) is 0 Å². The Morgan fingerprint density at radius 1 is 0.163 bits per heavy atom. The van der Waals surface area contributed by atoms with E-state index >= 15 is 0 Å².